The van der Waals surface area contributed by atoms with E-state index < -0.39 is 0 Å². The number of ether oxygens (including phenoxy) is 1. The van der Waals surface area contributed by atoms with Gasteiger partial charge in [0.25, 0.3) is 0 Å². The third kappa shape index (κ3) is 3.46. The molecule has 1 radical (unpaired) electrons. The fourth-order valence-electron chi connectivity index (χ4n) is 2.88. The van der Waals surface area contributed by atoms with E-state index in [1.54, 1.807) is 36.8 Å². The van der Waals surface area contributed by atoms with Crippen molar-refractivity contribution < 1.29 is 26.6 Å². The number of phenols is 1. The molecule has 127 valence electrons. The van der Waals surface area contributed by atoms with Gasteiger partial charge in [-0.15, -0.1) is 0 Å². The normalized spacial score (nSPS) is 12.4. The molecule has 4 rings (SSSR count). The van der Waals surface area contributed by atoms with Gasteiger partial charge in [-0.1, -0.05) is 23.5 Å². The van der Waals surface area contributed by atoms with Gasteiger partial charge in [0.15, 0.2) is 0 Å². The van der Waals surface area contributed by atoms with Crippen molar-refractivity contribution in [2.24, 2.45) is 4.99 Å². The zero-order valence-electron chi connectivity index (χ0n) is 13.5. The van der Waals surface area contributed by atoms with Gasteiger partial charge in [0.05, 0.1) is 12.8 Å². The average molecular weight is 395 g/mol. The van der Waals surface area contributed by atoms with Crippen molar-refractivity contribution in [1.82, 2.24) is 4.98 Å². The number of hydrogen-bond donors (Lipinski definition) is 1. The third-order valence-corrected chi connectivity index (χ3v) is 5.15. The molecule has 0 amide bonds. The summed E-state index contributed by atoms with van der Waals surface area (Å²) in [6, 6.07) is 13.3. The summed E-state index contributed by atoms with van der Waals surface area (Å²) in [4.78, 5) is 10.4. The molecule has 6 heteroatoms. The van der Waals surface area contributed by atoms with E-state index in [1.165, 1.54) is 10.4 Å². The number of thiazole rings is 1. The Labute approximate surface area is 160 Å². The van der Waals surface area contributed by atoms with Crippen LogP contribution in [0.1, 0.15) is 16.0 Å². The standard InChI is InChI=1S/C19H16N2O2S.Co/c1-23-14-7-8-15-12(10-14)6-9-17-18(15)21-19(24-17)20-11-13-4-2-3-5-16(13)22;/h2-5,7-8,10-11,22H,6,9H2,1H3;/q;+2/b20-11+;. The summed E-state index contributed by atoms with van der Waals surface area (Å²) in [6.07, 6.45) is 3.62. The van der Waals surface area contributed by atoms with Crippen LogP contribution in [0.5, 0.6) is 11.5 Å². The van der Waals surface area contributed by atoms with Gasteiger partial charge < -0.3 is 9.84 Å². The first kappa shape index (κ1) is 17.7. The number of aliphatic imine (C=N–C) groups is 1. The van der Waals surface area contributed by atoms with Gasteiger partial charge in [-0.25, -0.2) is 9.98 Å². The van der Waals surface area contributed by atoms with Crippen LogP contribution in [0.2, 0.25) is 0 Å². The SMILES string of the molecule is COc1ccc2c(c1)CCc1sc(/N=C/c3ccccc3O)nc1-2.[Co+2]. The van der Waals surface area contributed by atoms with Crippen LogP contribution in [0.15, 0.2) is 47.5 Å². The molecule has 0 atom stereocenters. The van der Waals surface area contributed by atoms with E-state index in [-0.39, 0.29) is 22.5 Å². The molecule has 1 N–H and O–H groups in total. The number of aromatic hydroxyl groups is 1. The second-order valence-electron chi connectivity index (χ2n) is 5.61. The molecule has 3 aromatic rings. The Morgan fingerprint density at radius 3 is 2.84 bits per heavy atom. The molecule has 0 bridgehead atoms. The zero-order chi connectivity index (χ0) is 16.5. The molecule has 1 heterocycles. The molecule has 2 aromatic carbocycles. The van der Waals surface area contributed by atoms with E-state index in [0.717, 1.165) is 29.8 Å². The van der Waals surface area contributed by atoms with Crippen LogP contribution in [0.4, 0.5) is 5.13 Å². The number of benzene rings is 2. The van der Waals surface area contributed by atoms with Crippen LogP contribution < -0.4 is 4.74 Å². The molecule has 0 saturated carbocycles. The second kappa shape index (κ2) is 7.39. The predicted octanol–water partition coefficient (Wildman–Crippen LogP) is 4.37. The fourth-order valence-corrected chi connectivity index (χ4v) is 3.80. The number of phenolic OH excluding ortho intramolecular Hbond substituents is 1. The third-order valence-electron chi connectivity index (χ3n) is 4.13. The van der Waals surface area contributed by atoms with Gasteiger partial charge in [-0.3, -0.25) is 0 Å². The summed E-state index contributed by atoms with van der Waals surface area (Å²) < 4.78 is 5.31. The number of para-hydroxylation sites is 1. The first-order valence-electron chi connectivity index (χ1n) is 7.73. The molecule has 1 aliphatic rings. The number of rotatable bonds is 3. The van der Waals surface area contributed by atoms with Crippen LogP contribution in [-0.2, 0) is 29.6 Å². The molecule has 4 nitrogen and oxygen atoms in total. The van der Waals surface area contributed by atoms with Crippen molar-refractivity contribution >= 4 is 22.7 Å². The van der Waals surface area contributed by atoms with Gasteiger partial charge in [-0.05, 0) is 48.7 Å². The molecule has 1 aromatic heterocycles. The van der Waals surface area contributed by atoms with Crippen molar-refractivity contribution in [2.45, 2.75) is 12.8 Å². The minimum Gasteiger partial charge on any atom is -0.507 e. The molecule has 1 aliphatic carbocycles. The largest absolute Gasteiger partial charge is 2.00 e. The van der Waals surface area contributed by atoms with E-state index in [9.17, 15) is 5.11 Å². The van der Waals surface area contributed by atoms with Crippen molar-refractivity contribution in [3.63, 3.8) is 0 Å². The Morgan fingerprint density at radius 2 is 2.04 bits per heavy atom. The van der Waals surface area contributed by atoms with Gasteiger partial charge in [0, 0.05) is 22.2 Å². The quantitative estimate of drug-likeness (QED) is 0.670. The molecule has 0 saturated heterocycles. The Kier molecular flexibility index (Phi) is 5.22. The first-order valence-corrected chi connectivity index (χ1v) is 8.55. The Balaban J connectivity index is 0.00000182. The molecule has 0 aliphatic heterocycles. The van der Waals surface area contributed by atoms with E-state index in [1.807, 2.05) is 18.2 Å². The second-order valence-corrected chi connectivity index (χ2v) is 6.67. The Hall–Kier alpha value is -2.15. The van der Waals surface area contributed by atoms with E-state index in [0.29, 0.717) is 10.7 Å². The number of methoxy groups -OCH3 is 1. The van der Waals surface area contributed by atoms with Crippen LogP contribution in [0, 0.1) is 0 Å². The van der Waals surface area contributed by atoms with Gasteiger partial charge in [0.1, 0.15) is 11.5 Å². The van der Waals surface area contributed by atoms with Crippen LogP contribution in [-0.4, -0.2) is 23.4 Å². The smallest absolute Gasteiger partial charge is 0.507 e. The predicted molar refractivity (Wildman–Crippen MR) is 96.9 cm³/mol. The Morgan fingerprint density at radius 1 is 1.20 bits per heavy atom. The summed E-state index contributed by atoms with van der Waals surface area (Å²) in [7, 11) is 1.69. The van der Waals surface area contributed by atoms with Crippen LogP contribution in [0.3, 0.4) is 0 Å². The number of fused-ring (bicyclic) bond motifs is 3. The first-order chi connectivity index (χ1) is 11.7. The summed E-state index contributed by atoms with van der Waals surface area (Å²) in [5.41, 5.74) is 4.14. The summed E-state index contributed by atoms with van der Waals surface area (Å²) in [6.45, 7) is 0. The van der Waals surface area contributed by atoms with Gasteiger partial charge in [-0.2, -0.15) is 0 Å². The summed E-state index contributed by atoms with van der Waals surface area (Å²) in [5, 5.41) is 10.5. The maximum absolute atomic E-state index is 9.81. The topological polar surface area (TPSA) is 54.7 Å². The molecule has 0 fully saturated rings. The molecular weight excluding hydrogens is 379 g/mol. The van der Waals surface area contributed by atoms with Crippen LogP contribution >= 0.6 is 11.3 Å². The average Bonchev–Trinajstić information content (AvgIpc) is 3.04. The van der Waals surface area contributed by atoms with Crippen molar-refractivity contribution in [3.8, 4) is 22.8 Å². The molecule has 0 spiro atoms. The van der Waals surface area contributed by atoms with Crippen LogP contribution in [0.25, 0.3) is 11.3 Å². The number of hydrogen-bond acceptors (Lipinski definition) is 5. The monoisotopic (exact) mass is 395 g/mol. The molecule has 0 unspecified atom stereocenters. The maximum Gasteiger partial charge on any atom is 2.00 e. The van der Waals surface area contributed by atoms with Crippen molar-refractivity contribution in [2.75, 3.05) is 7.11 Å². The zero-order valence-corrected chi connectivity index (χ0v) is 15.4. The fraction of sp³-hybridized carbons (Fsp3) is 0.158. The number of aryl methyl sites for hydroxylation is 2. The van der Waals surface area contributed by atoms with Crippen molar-refractivity contribution in [1.29, 1.82) is 0 Å². The number of aromatic nitrogens is 1. The van der Waals surface area contributed by atoms with E-state index in [2.05, 4.69) is 17.1 Å². The minimum absolute atomic E-state index is 0. The summed E-state index contributed by atoms with van der Waals surface area (Å²) >= 11 is 1.61. The molecule has 25 heavy (non-hydrogen) atoms. The van der Waals surface area contributed by atoms with E-state index >= 15 is 0 Å². The van der Waals surface area contributed by atoms with Gasteiger partial charge in [0.2, 0.25) is 5.13 Å². The Bertz CT molecular complexity index is 937. The minimum atomic E-state index is 0. The molecular formula is C19H16CoN2O2S+2. The number of nitrogens with zero attached hydrogens (tertiary/aromatic N) is 2. The van der Waals surface area contributed by atoms with Gasteiger partial charge >= 0.3 is 16.8 Å². The summed E-state index contributed by atoms with van der Waals surface area (Å²) in [5.74, 6) is 1.10. The van der Waals surface area contributed by atoms with Crippen molar-refractivity contribution in [3.05, 3.63) is 58.5 Å². The maximum atomic E-state index is 9.81. The van der Waals surface area contributed by atoms with E-state index in [4.69, 9.17) is 9.72 Å².